The van der Waals surface area contributed by atoms with Crippen LogP contribution in [0.15, 0.2) is 36.5 Å². The maximum atomic E-state index is 12.9. The average molecular weight is 382 g/mol. The van der Waals surface area contributed by atoms with Crippen molar-refractivity contribution in [3.63, 3.8) is 0 Å². The van der Waals surface area contributed by atoms with Gasteiger partial charge in [0.05, 0.1) is 6.20 Å². The third kappa shape index (κ3) is 4.98. The highest BCUT2D eigenvalue weighted by Gasteiger charge is 2.27. The summed E-state index contributed by atoms with van der Waals surface area (Å²) in [6.07, 6.45) is 8.78. The Kier molecular flexibility index (Phi) is 6.37. The zero-order valence-corrected chi connectivity index (χ0v) is 16.7. The molecule has 4 rings (SSSR count). The second-order valence-electron chi connectivity index (χ2n) is 8.22. The first-order chi connectivity index (χ1) is 13.8. The lowest BCUT2D eigenvalue weighted by molar-refractivity contribution is 0.0642. The first-order valence-corrected chi connectivity index (χ1v) is 10.7. The fourth-order valence-electron chi connectivity index (χ4n) is 4.49. The lowest BCUT2D eigenvalue weighted by Crippen LogP contribution is -2.43. The van der Waals surface area contributed by atoms with Gasteiger partial charge in [-0.3, -0.25) is 9.48 Å². The Hall–Kier alpha value is -2.21. The van der Waals surface area contributed by atoms with E-state index in [2.05, 4.69) is 39.5 Å². The Morgan fingerprint density at radius 3 is 2.71 bits per heavy atom. The van der Waals surface area contributed by atoms with Crippen LogP contribution in [0.25, 0.3) is 0 Å². The van der Waals surface area contributed by atoms with Gasteiger partial charge in [-0.2, -0.15) is 0 Å². The van der Waals surface area contributed by atoms with Crippen molar-refractivity contribution in [1.29, 1.82) is 0 Å². The number of hydrogen-bond acceptors (Lipinski definition) is 4. The lowest BCUT2D eigenvalue weighted by Gasteiger charge is -2.34. The van der Waals surface area contributed by atoms with Gasteiger partial charge in [-0.25, -0.2) is 0 Å². The van der Waals surface area contributed by atoms with E-state index in [1.54, 1.807) is 0 Å². The molecule has 6 nitrogen and oxygen atoms in total. The van der Waals surface area contributed by atoms with Gasteiger partial charge in [0.25, 0.3) is 5.91 Å². The van der Waals surface area contributed by atoms with Crippen LogP contribution in [0.1, 0.15) is 48.2 Å². The normalized spacial score (nSPS) is 20.6. The van der Waals surface area contributed by atoms with Crippen molar-refractivity contribution in [1.82, 2.24) is 24.8 Å². The van der Waals surface area contributed by atoms with Gasteiger partial charge < -0.3 is 9.80 Å². The molecule has 6 heteroatoms. The number of likely N-dealkylation sites (tertiary alicyclic amines) is 2. The second-order valence-corrected chi connectivity index (χ2v) is 8.22. The molecule has 1 unspecified atom stereocenters. The van der Waals surface area contributed by atoms with Crippen LogP contribution in [0.2, 0.25) is 0 Å². The molecular weight excluding hydrogens is 350 g/mol. The molecule has 0 N–H and O–H groups in total. The Bertz CT molecular complexity index is 753. The van der Waals surface area contributed by atoms with Gasteiger partial charge in [0.1, 0.15) is 0 Å². The minimum absolute atomic E-state index is 0.0421. The molecule has 2 aliphatic rings. The molecule has 1 aromatic carbocycles. The number of nitrogens with zero attached hydrogens (tertiary/aromatic N) is 5. The van der Waals surface area contributed by atoms with Crippen molar-refractivity contribution in [2.75, 3.05) is 32.7 Å². The standard InChI is InChI=1S/C22H31N5O/c28-22(26-14-6-11-20(17-26)16-25-12-4-5-13-25)21-18-27(24-23-21)15-7-10-19-8-2-1-3-9-19/h1-3,8-9,18,20H,4-7,10-17H2. The quantitative estimate of drug-likeness (QED) is 0.740. The highest BCUT2D eigenvalue weighted by molar-refractivity contribution is 5.92. The third-order valence-corrected chi connectivity index (χ3v) is 5.97. The molecule has 0 aliphatic carbocycles. The molecule has 0 saturated carbocycles. The van der Waals surface area contributed by atoms with Gasteiger partial charge >= 0.3 is 0 Å². The zero-order valence-electron chi connectivity index (χ0n) is 16.7. The second kappa shape index (κ2) is 9.32. The predicted octanol–water partition coefficient (Wildman–Crippen LogP) is 2.86. The first-order valence-electron chi connectivity index (χ1n) is 10.7. The minimum atomic E-state index is 0.0421. The largest absolute Gasteiger partial charge is 0.337 e. The zero-order chi connectivity index (χ0) is 19.2. The van der Waals surface area contributed by atoms with E-state index in [0.29, 0.717) is 11.6 Å². The van der Waals surface area contributed by atoms with Crippen LogP contribution in [0.3, 0.4) is 0 Å². The van der Waals surface area contributed by atoms with E-state index in [1.165, 1.54) is 37.9 Å². The van der Waals surface area contributed by atoms with Crippen LogP contribution in [0.4, 0.5) is 0 Å². The van der Waals surface area contributed by atoms with Gasteiger partial charge in [-0.1, -0.05) is 35.5 Å². The van der Waals surface area contributed by atoms with Crippen molar-refractivity contribution in [2.24, 2.45) is 5.92 Å². The van der Waals surface area contributed by atoms with Crippen molar-refractivity contribution in [3.05, 3.63) is 47.8 Å². The van der Waals surface area contributed by atoms with Gasteiger partial charge in [0.2, 0.25) is 0 Å². The highest BCUT2D eigenvalue weighted by Crippen LogP contribution is 2.21. The summed E-state index contributed by atoms with van der Waals surface area (Å²) in [6.45, 7) is 6.07. The van der Waals surface area contributed by atoms with Crippen LogP contribution in [-0.2, 0) is 13.0 Å². The molecule has 1 amide bonds. The van der Waals surface area contributed by atoms with Crippen LogP contribution in [0, 0.1) is 5.92 Å². The summed E-state index contributed by atoms with van der Waals surface area (Å²) in [7, 11) is 0. The van der Waals surface area contributed by atoms with E-state index < -0.39 is 0 Å². The summed E-state index contributed by atoms with van der Waals surface area (Å²) in [5.74, 6) is 0.636. The Morgan fingerprint density at radius 2 is 1.89 bits per heavy atom. The SMILES string of the molecule is O=C(c1cn(CCCc2ccccc2)nn1)N1CCCC(CN2CCCC2)C1. The molecule has 1 atom stereocenters. The number of rotatable bonds is 7. The van der Waals surface area contributed by atoms with Gasteiger partial charge in [-0.15, -0.1) is 5.10 Å². The fourth-order valence-corrected chi connectivity index (χ4v) is 4.49. The molecule has 28 heavy (non-hydrogen) atoms. The molecule has 2 saturated heterocycles. The summed E-state index contributed by atoms with van der Waals surface area (Å²) in [5.41, 5.74) is 1.82. The van der Waals surface area contributed by atoms with Crippen molar-refractivity contribution in [2.45, 2.75) is 45.1 Å². The Morgan fingerprint density at radius 1 is 1.07 bits per heavy atom. The molecule has 0 radical (unpaired) electrons. The molecule has 0 bridgehead atoms. The summed E-state index contributed by atoms with van der Waals surface area (Å²) in [5, 5.41) is 8.33. The fraction of sp³-hybridized carbons (Fsp3) is 0.591. The van der Waals surface area contributed by atoms with E-state index in [1.807, 2.05) is 21.8 Å². The molecule has 1 aromatic heterocycles. The van der Waals surface area contributed by atoms with Crippen LogP contribution in [-0.4, -0.2) is 63.4 Å². The predicted molar refractivity (Wildman–Crippen MR) is 109 cm³/mol. The van der Waals surface area contributed by atoms with Gasteiger partial charge in [-0.05, 0) is 63.1 Å². The summed E-state index contributed by atoms with van der Waals surface area (Å²) in [4.78, 5) is 17.4. The molecular formula is C22H31N5O. The molecule has 0 spiro atoms. The van der Waals surface area contributed by atoms with Crippen LogP contribution >= 0.6 is 0 Å². The van der Waals surface area contributed by atoms with Crippen LogP contribution in [0.5, 0.6) is 0 Å². The minimum Gasteiger partial charge on any atom is -0.337 e. The van der Waals surface area contributed by atoms with E-state index in [0.717, 1.165) is 45.4 Å². The first kappa shape index (κ1) is 19.1. The van der Waals surface area contributed by atoms with E-state index in [-0.39, 0.29) is 5.91 Å². The van der Waals surface area contributed by atoms with Crippen molar-refractivity contribution in [3.8, 4) is 0 Å². The summed E-state index contributed by atoms with van der Waals surface area (Å²) in [6, 6.07) is 10.5. The molecule has 2 aromatic rings. The third-order valence-electron chi connectivity index (χ3n) is 5.97. The monoisotopic (exact) mass is 381 g/mol. The number of piperidine rings is 1. The smallest absolute Gasteiger partial charge is 0.276 e. The maximum Gasteiger partial charge on any atom is 0.276 e. The maximum absolute atomic E-state index is 12.9. The lowest BCUT2D eigenvalue weighted by atomic mass is 9.97. The highest BCUT2D eigenvalue weighted by atomic mass is 16.2. The number of hydrogen-bond donors (Lipinski definition) is 0. The van der Waals surface area contributed by atoms with E-state index >= 15 is 0 Å². The molecule has 3 heterocycles. The molecule has 150 valence electrons. The number of benzene rings is 1. The molecule has 2 aliphatic heterocycles. The molecule has 2 fully saturated rings. The number of carbonyl (C=O) groups excluding carboxylic acids is 1. The number of amides is 1. The Balaban J connectivity index is 1.27. The number of carbonyl (C=O) groups is 1. The summed E-state index contributed by atoms with van der Waals surface area (Å²) < 4.78 is 1.81. The van der Waals surface area contributed by atoms with E-state index in [9.17, 15) is 4.79 Å². The van der Waals surface area contributed by atoms with E-state index in [4.69, 9.17) is 0 Å². The number of aryl methyl sites for hydroxylation is 2. The Labute approximate surface area is 167 Å². The van der Waals surface area contributed by atoms with Crippen molar-refractivity contribution >= 4 is 5.91 Å². The van der Waals surface area contributed by atoms with Gasteiger partial charge in [0, 0.05) is 26.2 Å². The number of aromatic nitrogens is 3. The van der Waals surface area contributed by atoms with Gasteiger partial charge in [0.15, 0.2) is 5.69 Å². The topological polar surface area (TPSA) is 54.3 Å². The summed E-state index contributed by atoms with van der Waals surface area (Å²) >= 11 is 0. The van der Waals surface area contributed by atoms with Crippen LogP contribution < -0.4 is 0 Å². The average Bonchev–Trinajstić information content (AvgIpc) is 3.41. The van der Waals surface area contributed by atoms with Crippen molar-refractivity contribution < 1.29 is 4.79 Å².